The van der Waals surface area contributed by atoms with Crippen molar-refractivity contribution in [1.29, 1.82) is 0 Å². The number of rotatable bonds is 3. The van der Waals surface area contributed by atoms with Gasteiger partial charge in [0.2, 0.25) is 0 Å². The molecule has 0 saturated carbocycles. The highest BCUT2D eigenvalue weighted by molar-refractivity contribution is 5.58. The Labute approximate surface area is 102 Å². The predicted octanol–water partition coefficient (Wildman–Crippen LogP) is 3.28. The summed E-state index contributed by atoms with van der Waals surface area (Å²) in [4.78, 5) is 8.83. The van der Waals surface area contributed by atoms with Gasteiger partial charge in [-0.15, -0.1) is 0 Å². The van der Waals surface area contributed by atoms with Gasteiger partial charge >= 0.3 is 0 Å². The summed E-state index contributed by atoms with van der Waals surface area (Å²) in [5.74, 6) is 1.26. The van der Waals surface area contributed by atoms with Gasteiger partial charge in [-0.25, -0.2) is 0 Å². The lowest BCUT2D eigenvalue weighted by molar-refractivity contribution is 0.415. The molecule has 3 nitrogen and oxygen atoms in total. The maximum Gasteiger partial charge on any atom is 0.118 e. The molecule has 88 valence electrons. The second-order valence-electron chi connectivity index (χ2n) is 4.21. The third-order valence-corrected chi connectivity index (χ3v) is 2.65. The van der Waals surface area contributed by atoms with Gasteiger partial charge < -0.3 is 4.74 Å². The van der Waals surface area contributed by atoms with Gasteiger partial charge in [0.1, 0.15) is 5.75 Å². The van der Waals surface area contributed by atoms with Crippen molar-refractivity contribution in [2.75, 3.05) is 7.11 Å². The molecule has 0 aliphatic rings. The van der Waals surface area contributed by atoms with E-state index in [2.05, 4.69) is 23.8 Å². The van der Waals surface area contributed by atoms with Crippen LogP contribution in [0.15, 0.2) is 36.7 Å². The molecule has 0 atom stereocenters. The highest BCUT2D eigenvalue weighted by Crippen LogP contribution is 2.20. The average Bonchev–Trinajstić information content (AvgIpc) is 2.39. The molecule has 0 aliphatic heterocycles. The Morgan fingerprint density at radius 2 is 1.71 bits per heavy atom. The molecule has 0 bridgehead atoms. The van der Waals surface area contributed by atoms with Gasteiger partial charge in [0, 0.05) is 11.8 Å². The summed E-state index contributed by atoms with van der Waals surface area (Å²) in [6, 6.07) is 7.82. The van der Waals surface area contributed by atoms with Gasteiger partial charge in [-0.2, -0.15) is 0 Å². The van der Waals surface area contributed by atoms with E-state index in [9.17, 15) is 0 Å². The molecule has 1 aromatic heterocycles. The lowest BCUT2D eigenvalue weighted by Gasteiger charge is -2.05. The zero-order valence-corrected chi connectivity index (χ0v) is 10.3. The Bertz CT molecular complexity index is 475. The van der Waals surface area contributed by atoms with Crippen molar-refractivity contribution in [1.82, 2.24) is 9.97 Å². The van der Waals surface area contributed by atoms with Gasteiger partial charge in [0.15, 0.2) is 0 Å². The molecule has 0 amide bonds. The number of ether oxygens (including phenoxy) is 1. The summed E-state index contributed by atoms with van der Waals surface area (Å²) in [6.07, 6.45) is 3.65. The molecule has 0 aliphatic carbocycles. The third-order valence-electron chi connectivity index (χ3n) is 2.65. The monoisotopic (exact) mass is 228 g/mol. The predicted molar refractivity (Wildman–Crippen MR) is 68.1 cm³/mol. The van der Waals surface area contributed by atoms with Crippen LogP contribution in [-0.2, 0) is 0 Å². The van der Waals surface area contributed by atoms with Gasteiger partial charge in [0.25, 0.3) is 0 Å². The largest absolute Gasteiger partial charge is 0.497 e. The molecule has 1 aromatic carbocycles. The number of nitrogens with zero attached hydrogens (tertiary/aromatic N) is 2. The fourth-order valence-corrected chi connectivity index (χ4v) is 1.55. The normalized spacial score (nSPS) is 10.6. The third kappa shape index (κ3) is 2.61. The molecule has 0 saturated heterocycles. The first-order valence-electron chi connectivity index (χ1n) is 5.67. The lowest BCUT2D eigenvalue weighted by atomic mass is 10.1. The minimum atomic E-state index is 0.410. The Balaban J connectivity index is 2.26. The van der Waals surface area contributed by atoms with Crippen LogP contribution in [-0.4, -0.2) is 17.1 Å². The molecule has 3 heteroatoms. The quantitative estimate of drug-likeness (QED) is 0.808. The van der Waals surface area contributed by atoms with Crippen molar-refractivity contribution in [3.63, 3.8) is 0 Å². The van der Waals surface area contributed by atoms with E-state index < -0.39 is 0 Å². The van der Waals surface area contributed by atoms with Crippen LogP contribution in [0.25, 0.3) is 11.3 Å². The minimum absolute atomic E-state index is 0.410. The van der Waals surface area contributed by atoms with Crippen LogP contribution >= 0.6 is 0 Å². The lowest BCUT2D eigenvalue weighted by Crippen LogP contribution is -1.94. The molecule has 1 heterocycles. The number of aromatic nitrogens is 2. The van der Waals surface area contributed by atoms with Crippen molar-refractivity contribution in [3.8, 4) is 17.0 Å². The van der Waals surface area contributed by atoms with E-state index in [0.29, 0.717) is 5.92 Å². The van der Waals surface area contributed by atoms with Crippen molar-refractivity contribution in [2.24, 2.45) is 0 Å². The van der Waals surface area contributed by atoms with E-state index >= 15 is 0 Å². The molecule has 0 fully saturated rings. The fourth-order valence-electron chi connectivity index (χ4n) is 1.55. The van der Waals surface area contributed by atoms with Crippen molar-refractivity contribution >= 4 is 0 Å². The SMILES string of the molecule is COc1ccc(-c2cnc(C(C)C)cn2)cc1. The van der Waals surface area contributed by atoms with E-state index in [4.69, 9.17) is 4.74 Å². The highest BCUT2D eigenvalue weighted by Gasteiger charge is 2.03. The zero-order chi connectivity index (χ0) is 12.3. The number of methoxy groups -OCH3 is 1. The standard InChI is InChI=1S/C14H16N2O/c1-10(2)13-8-16-14(9-15-13)11-4-6-12(17-3)7-5-11/h4-10H,1-3H3. The number of hydrogen-bond donors (Lipinski definition) is 0. The molecular formula is C14H16N2O. The first kappa shape index (κ1) is 11.6. The van der Waals surface area contributed by atoms with Crippen LogP contribution in [0.2, 0.25) is 0 Å². The van der Waals surface area contributed by atoms with Crippen LogP contribution in [0.4, 0.5) is 0 Å². The van der Waals surface area contributed by atoms with E-state index in [1.54, 1.807) is 7.11 Å². The summed E-state index contributed by atoms with van der Waals surface area (Å²) in [6.45, 7) is 4.22. The Morgan fingerprint density at radius 3 is 2.18 bits per heavy atom. The van der Waals surface area contributed by atoms with Crippen LogP contribution in [0, 0.1) is 0 Å². The molecule has 17 heavy (non-hydrogen) atoms. The van der Waals surface area contributed by atoms with Crippen LogP contribution in [0.1, 0.15) is 25.5 Å². The van der Waals surface area contributed by atoms with Gasteiger partial charge in [-0.3, -0.25) is 9.97 Å². The highest BCUT2D eigenvalue weighted by atomic mass is 16.5. The number of hydrogen-bond acceptors (Lipinski definition) is 3. The zero-order valence-electron chi connectivity index (χ0n) is 10.3. The molecule has 2 rings (SSSR count). The molecular weight excluding hydrogens is 212 g/mol. The molecule has 0 spiro atoms. The first-order valence-corrected chi connectivity index (χ1v) is 5.67. The second kappa shape index (κ2) is 4.95. The summed E-state index contributed by atoms with van der Waals surface area (Å²) in [7, 11) is 1.66. The maximum atomic E-state index is 5.12. The molecule has 0 unspecified atom stereocenters. The van der Waals surface area contributed by atoms with E-state index in [1.165, 1.54) is 0 Å². The van der Waals surface area contributed by atoms with Crippen LogP contribution < -0.4 is 4.74 Å². The average molecular weight is 228 g/mol. The molecule has 0 N–H and O–H groups in total. The summed E-state index contributed by atoms with van der Waals surface area (Å²) in [5, 5.41) is 0. The smallest absolute Gasteiger partial charge is 0.118 e. The van der Waals surface area contributed by atoms with Gasteiger partial charge in [0.05, 0.1) is 24.7 Å². The minimum Gasteiger partial charge on any atom is -0.497 e. The number of benzene rings is 1. The summed E-state index contributed by atoms with van der Waals surface area (Å²) in [5.41, 5.74) is 2.95. The maximum absolute atomic E-state index is 5.12. The van der Waals surface area contributed by atoms with Gasteiger partial charge in [-0.05, 0) is 30.2 Å². The van der Waals surface area contributed by atoms with Crippen LogP contribution in [0.3, 0.4) is 0 Å². The van der Waals surface area contributed by atoms with Gasteiger partial charge in [-0.1, -0.05) is 13.8 Å². The first-order chi connectivity index (χ1) is 8.20. The molecule has 0 radical (unpaired) electrons. The van der Waals surface area contributed by atoms with Crippen LogP contribution in [0.5, 0.6) is 5.75 Å². The Hall–Kier alpha value is -1.90. The van der Waals surface area contributed by atoms with E-state index in [1.807, 2.05) is 36.7 Å². The summed E-state index contributed by atoms with van der Waals surface area (Å²) < 4.78 is 5.12. The van der Waals surface area contributed by atoms with E-state index in [0.717, 1.165) is 22.7 Å². The fraction of sp³-hybridized carbons (Fsp3) is 0.286. The van der Waals surface area contributed by atoms with Crippen molar-refractivity contribution < 1.29 is 4.74 Å². The summed E-state index contributed by atoms with van der Waals surface area (Å²) >= 11 is 0. The van der Waals surface area contributed by atoms with Crippen molar-refractivity contribution in [3.05, 3.63) is 42.4 Å². The topological polar surface area (TPSA) is 35.0 Å². The Kier molecular flexibility index (Phi) is 3.38. The van der Waals surface area contributed by atoms with Crippen molar-refractivity contribution in [2.45, 2.75) is 19.8 Å². The van der Waals surface area contributed by atoms with E-state index in [-0.39, 0.29) is 0 Å². The Morgan fingerprint density at radius 1 is 1.00 bits per heavy atom. The molecule has 2 aromatic rings. The second-order valence-corrected chi connectivity index (χ2v) is 4.21.